The fourth-order valence-corrected chi connectivity index (χ4v) is 0.480. The van der Waals surface area contributed by atoms with Gasteiger partial charge in [-0.15, -0.1) is 0 Å². The molecule has 0 saturated carbocycles. The Labute approximate surface area is 49.9 Å². The predicted octanol–water partition coefficient (Wildman–Crippen LogP) is -0.738. The maximum Gasteiger partial charge on any atom is 0.102 e. The number of rotatable bonds is 3. The highest BCUT2D eigenvalue weighted by atomic mass is 16.3. The number of nitrogens with two attached hydrogens (primary N) is 1. The Morgan fingerprint density at radius 3 is 2.25 bits per heavy atom. The van der Waals surface area contributed by atoms with E-state index in [1.165, 1.54) is 0 Å². The molecule has 0 radical (unpaired) electrons. The van der Waals surface area contributed by atoms with Crippen molar-refractivity contribution >= 4 is 0 Å². The second-order valence-electron chi connectivity index (χ2n) is 1.98. The quantitative estimate of drug-likeness (QED) is 0.428. The molecule has 0 aliphatic heterocycles. The van der Waals surface area contributed by atoms with E-state index in [0.717, 1.165) is 0 Å². The molecule has 0 rings (SSSR count). The lowest BCUT2D eigenvalue weighted by atomic mass is 10.3. The molecule has 3 heteroatoms. The van der Waals surface area contributed by atoms with E-state index in [2.05, 4.69) is 5.32 Å². The minimum atomic E-state index is -0.450. The monoisotopic (exact) mass is 118 g/mol. The Hall–Kier alpha value is -0.120. The van der Waals surface area contributed by atoms with Gasteiger partial charge in [-0.1, -0.05) is 0 Å². The number of aliphatic hydroxyl groups excluding tert-OH is 1. The van der Waals surface area contributed by atoms with Crippen molar-refractivity contribution in [2.24, 2.45) is 5.73 Å². The van der Waals surface area contributed by atoms with Crippen LogP contribution in [0.1, 0.15) is 13.8 Å². The van der Waals surface area contributed by atoms with E-state index in [0.29, 0.717) is 6.54 Å². The Morgan fingerprint density at radius 2 is 2.12 bits per heavy atom. The maximum atomic E-state index is 8.69. The van der Waals surface area contributed by atoms with Gasteiger partial charge in [-0.05, 0) is 13.8 Å². The van der Waals surface area contributed by atoms with Crippen LogP contribution in [0.2, 0.25) is 0 Å². The van der Waals surface area contributed by atoms with E-state index in [1.807, 2.05) is 6.92 Å². The summed E-state index contributed by atoms with van der Waals surface area (Å²) in [5.74, 6) is 0. The summed E-state index contributed by atoms with van der Waals surface area (Å²) >= 11 is 0. The predicted molar refractivity (Wildman–Crippen MR) is 33.3 cm³/mol. The molecule has 4 N–H and O–H groups in total. The van der Waals surface area contributed by atoms with Gasteiger partial charge in [-0.3, -0.25) is 5.32 Å². The van der Waals surface area contributed by atoms with Gasteiger partial charge in [0.25, 0.3) is 0 Å². The summed E-state index contributed by atoms with van der Waals surface area (Å²) in [6.07, 6.45) is -0.450. The summed E-state index contributed by atoms with van der Waals surface area (Å²) in [5, 5.41) is 11.5. The van der Waals surface area contributed by atoms with Crippen molar-refractivity contribution in [2.75, 3.05) is 6.54 Å². The minimum Gasteiger partial charge on any atom is -0.379 e. The van der Waals surface area contributed by atoms with E-state index in [1.54, 1.807) is 6.92 Å². The minimum absolute atomic E-state index is 0.204. The van der Waals surface area contributed by atoms with Gasteiger partial charge in [0, 0.05) is 12.6 Å². The van der Waals surface area contributed by atoms with Crippen LogP contribution in [0.15, 0.2) is 0 Å². The summed E-state index contributed by atoms with van der Waals surface area (Å²) in [6.45, 7) is 4.16. The maximum absolute atomic E-state index is 8.69. The van der Waals surface area contributed by atoms with Crippen LogP contribution < -0.4 is 11.1 Å². The van der Waals surface area contributed by atoms with Crippen molar-refractivity contribution in [3.63, 3.8) is 0 Å². The fourth-order valence-electron chi connectivity index (χ4n) is 0.480. The van der Waals surface area contributed by atoms with E-state index in [4.69, 9.17) is 10.8 Å². The molecule has 2 atom stereocenters. The van der Waals surface area contributed by atoms with Crippen LogP contribution in [0, 0.1) is 0 Å². The lowest BCUT2D eigenvalue weighted by molar-refractivity contribution is 0.144. The van der Waals surface area contributed by atoms with Crippen LogP contribution in [0.5, 0.6) is 0 Å². The van der Waals surface area contributed by atoms with Crippen molar-refractivity contribution in [2.45, 2.75) is 26.1 Å². The van der Waals surface area contributed by atoms with Crippen molar-refractivity contribution in [1.82, 2.24) is 5.32 Å². The summed E-state index contributed by atoms with van der Waals surface area (Å²) < 4.78 is 0. The molecule has 8 heavy (non-hydrogen) atoms. The molecule has 0 heterocycles. The molecule has 0 aromatic carbocycles. The number of hydrogen-bond donors (Lipinski definition) is 3. The van der Waals surface area contributed by atoms with Crippen LogP contribution in [0.25, 0.3) is 0 Å². The molecule has 0 saturated heterocycles. The normalized spacial score (nSPS) is 18.0. The zero-order valence-electron chi connectivity index (χ0n) is 5.39. The first kappa shape index (κ1) is 7.88. The van der Waals surface area contributed by atoms with E-state index < -0.39 is 6.23 Å². The Bertz CT molecular complexity index is 56.4. The zero-order valence-corrected chi connectivity index (χ0v) is 5.39. The van der Waals surface area contributed by atoms with Crippen LogP contribution in [0.4, 0.5) is 0 Å². The van der Waals surface area contributed by atoms with Crippen LogP contribution in [-0.2, 0) is 0 Å². The topological polar surface area (TPSA) is 58.3 Å². The van der Waals surface area contributed by atoms with Crippen LogP contribution in [-0.4, -0.2) is 23.9 Å². The van der Waals surface area contributed by atoms with Gasteiger partial charge in [0.2, 0.25) is 0 Å². The third-order valence-corrected chi connectivity index (χ3v) is 0.879. The van der Waals surface area contributed by atoms with Gasteiger partial charge in [-0.2, -0.15) is 0 Å². The third-order valence-electron chi connectivity index (χ3n) is 0.879. The average molecular weight is 118 g/mol. The van der Waals surface area contributed by atoms with Crippen molar-refractivity contribution < 1.29 is 5.11 Å². The van der Waals surface area contributed by atoms with Crippen LogP contribution >= 0.6 is 0 Å². The summed E-state index contributed by atoms with van der Waals surface area (Å²) in [6, 6.07) is 0.204. The van der Waals surface area contributed by atoms with E-state index in [9.17, 15) is 0 Å². The SMILES string of the molecule is CC(O)NC(C)CN. The summed E-state index contributed by atoms with van der Waals surface area (Å²) in [5.41, 5.74) is 5.25. The second kappa shape index (κ2) is 3.83. The van der Waals surface area contributed by atoms with Gasteiger partial charge < -0.3 is 10.8 Å². The Balaban J connectivity index is 3.10. The Morgan fingerprint density at radius 1 is 1.62 bits per heavy atom. The van der Waals surface area contributed by atoms with Gasteiger partial charge >= 0.3 is 0 Å². The van der Waals surface area contributed by atoms with Crippen LogP contribution in [0.3, 0.4) is 0 Å². The molecule has 3 nitrogen and oxygen atoms in total. The second-order valence-corrected chi connectivity index (χ2v) is 1.98. The highest BCUT2D eigenvalue weighted by Crippen LogP contribution is 1.78. The lowest BCUT2D eigenvalue weighted by Gasteiger charge is -2.12. The highest BCUT2D eigenvalue weighted by Gasteiger charge is 1.98. The molecule has 0 amide bonds. The molecular weight excluding hydrogens is 104 g/mol. The van der Waals surface area contributed by atoms with E-state index in [-0.39, 0.29) is 6.04 Å². The van der Waals surface area contributed by atoms with E-state index >= 15 is 0 Å². The molecule has 0 bridgehead atoms. The molecular formula is C5H14N2O. The molecule has 0 fully saturated rings. The standard InChI is InChI=1S/C5H14N2O/c1-4(3-6)7-5(2)8/h4-5,7-8H,3,6H2,1-2H3. The van der Waals surface area contributed by atoms with Crippen molar-refractivity contribution in [3.8, 4) is 0 Å². The van der Waals surface area contributed by atoms with Gasteiger partial charge in [0.1, 0.15) is 6.23 Å². The smallest absolute Gasteiger partial charge is 0.102 e. The lowest BCUT2D eigenvalue weighted by Crippen LogP contribution is -2.38. The van der Waals surface area contributed by atoms with Gasteiger partial charge in [0.15, 0.2) is 0 Å². The largest absolute Gasteiger partial charge is 0.379 e. The Kier molecular flexibility index (Phi) is 3.77. The molecule has 2 unspecified atom stereocenters. The average Bonchev–Trinajstić information content (AvgIpc) is 1.65. The summed E-state index contributed by atoms with van der Waals surface area (Å²) in [7, 11) is 0. The first-order valence-corrected chi connectivity index (χ1v) is 2.81. The first-order chi connectivity index (χ1) is 3.66. The number of nitrogens with one attached hydrogen (secondary N) is 1. The number of aliphatic hydroxyl groups is 1. The fraction of sp³-hybridized carbons (Fsp3) is 1.00. The molecule has 50 valence electrons. The molecule has 0 aliphatic rings. The molecule has 0 aromatic heterocycles. The van der Waals surface area contributed by atoms with Gasteiger partial charge in [0.05, 0.1) is 0 Å². The highest BCUT2D eigenvalue weighted by molar-refractivity contribution is 4.59. The van der Waals surface area contributed by atoms with Crippen molar-refractivity contribution in [3.05, 3.63) is 0 Å². The molecule has 0 aromatic rings. The summed E-state index contributed by atoms with van der Waals surface area (Å²) in [4.78, 5) is 0. The first-order valence-electron chi connectivity index (χ1n) is 2.81. The van der Waals surface area contributed by atoms with Crippen molar-refractivity contribution in [1.29, 1.82) is 0 Å². The molecule has 0 spiro atoms. The number of hydrogen-bond acceptors (Lipinski definition) is 3. The van der Waals surface area contributed by atoms with Gasteiger partial charge in [-0.25, -0.2) is 0 Å². The third kappa shape index (κ3) is 4.05. The zero-order chi connectivity index (χ0) is 6.57. The molecule has 0 aliphatic carbocycles.